The number of H-pyrrole nitrogens is 2. The van der Waals surface area contributed by atoms with Crippen LogP contribution in [0.25, 0.3) is 11.0 Å². The Bertz CT molecular complexity index is 868. The average molecular weight is 354 g/mol. The fourth-order valence-electron chi connectivity index (χ4n) is 3.45. The second-order valence-corrected chi connectivity index (χ2v) is 6.66. The van der Waals surface area contributed by atoms with Gasteiger partial charge in [0.15, 0.2) is 0 Å². The van der Waals surface area contributed by atoms with E-state index < -0.39 is 0 Å². The van der Waals surface area contributed by atoms with Crippen molar-refractivity contribution in [1.82, 2.24) is 35.4 Å². The normalized spacial score (nSPS) is 17.5. The molecule has 4 rings (SSSR count). The summed E-state index contributed by atoms with van der Waals surface area (Å²) in [6.07, 6.45) is 2.93. The molecule has 1 fully saturated rings. The fraction of sp³-hybridized carbons (Fsp3) is 0.412. The summed E-state index contributed by atoms with van der Waals surface area (Å²) in [5, 5.41) is 9.30. The van der Waals surface area contributed by atoms with Crippen LogP contribution >= 0.6 is 0 Å². The third-order valence-electron chi connectivity index (χ3n) is 4.68. The van der Waals surface area contributed by atoms with E-state index in [-0.39, 0.29) is 18.5 Å². The summed E-state index contributed by atoms with van der Waals surface area (Å²) < 4.78 is 0. The van der Waals surface area contributed by atoms with Gasteiger partial charge in [0.05, 0.1) is 17.6 Å². The Kier molecular flexibility index (Phi) is 4.42. The molecule has 9 nitrogen and oxygen atoms in total. The zero-order valence-electron chi connectivity index (χ0n) is 14.4. The van der Waals surface area contributed by atoms with Gasteiger partial charge >= 0.3 is 6.03 Å². The van der Waals surface area contributed by atoms with Crippen molar-refractivity contribution in [2.75, 3.05) is 18.8 Å². The molecule has 5 N–H and O–H groups in total. The van der Waals surface area contributed by atoms with Crippen molar-refractivity contribution in [3.63, 3.8) is 0 Å². The third-order valence-corrected chi connectivity index (χ3v) is 4.68. The van der Waals surface area contributed by atoms with Gasteiger partial charge in [-0.2, -0.15) is 4.98 Å². The molecule has 136 valence electrons. The molecule has 0 radical (unpaired) electrons. The van der Waals surface area contributed by atoms with Crippen molar-refractivity contribution in [2.24, 2.45) is 5.92 Å². The molecule has 9 heteroatoms. The second-order valence-electron chi connectivity index (χ2n) is 6.66. The van der Waals surface area contributed by atoms with Gasteiger partial charge in [-0.15, -0.1) is 5.10 Å². The van der Waals surface area contributed by atoms with E-state index in [0.29, 0.717) is 11.7 Å². The summed E-state index contributed by atoms with van der Waals surface area (Å²) in [7, 11) is 0. The molecule has 0 aliphatic carbocycles. The Labute approximate surface area is 150 Å². The van der Waals surface area contributed by atoms with Crippen molar-refractivity contribution in [3.05, 3.63) is 35.9 Å². The third kappa shape index (κ3) is 3.61. The quantitative estimate of drug-likeness (QED) is 0.563. The number of piperidine rings is 1. The van der Waals surface area contributed by atoms with Crippen molar-refractivity contribution in [2.45, 2.75) is 25.8 Å². The van der Waals surface area contributed by atoms with Gasteiger partial charge in [-0.1, -0.05) is 12.1 Å². The molecule has 26 heavy (non-hydrogen) atoms. The van der Waals surface area contributed by atoms with Gasteiger partial charge in [0, 0.05) is 19.5 Å². The first-order chi connectivity index (χ1) is 12.7. The number of anilines is 1. The topological polar surface area (TPSA) is 129 Å². The number of fused-ring (bicyclic) bond motifs is 1. The lowest BCUT2D eigenvalue weighted by atomic mass is 9.95. The summed E-state index contributed by atoms with van der Waals surface area (Å²) in [6, 6.07) is 7.94. The molecule has 1 aliphatic rings. The number of amides is 2. The number of hydrogen-bond acceptors (Lipinski definition) is 5. The number of rotatable bonds is 4. The number of carbonyl (C=O) groups excluding carboxylic acids is 1. The highest BCUT2D eigenvalue weighted by Crippen LogP contribution is 2.21. The standard InChI is InChI=1S/C17H22N8O/c18-16-22-15(23-24-16)9-19-17(26)25-7-3-4-11(10-25)8-14-20-12-5-1-2-6-13(12)21-14/h1-2,5-6,11H,3-4,7-10H2,(H,19,26)(H,20,21)(H3,18,22,23,24)/t11-/m0/s1. The van der Waals surface area contributed by atoms with E-state index in [2.05, 4.69) is 30.5 Å². The van der Waals surface area contributed by atoms with Crippen LogP contribution in [0.1, 0.15) is 24.5 Å². The van der Waals surface area contributed by atoms with Crippen molar-refractivity contribution >= 4 is 23.0 Å². The highest BCUT2D eigenvalue weighted by Gasteiger charge is 2.24. The monoisotopic (exact) mass is 354 g/mol. The number of nitrogen functional groups attached to an aromatic ring is 1. The van der Waals surface area contributed by atoms with E-state index in [1.807, 2.05) is 29.2 Å². The molecule has 0 unspecified atom stereocenters. The molecule has 0 bridgehead atoms. The fourth-order valence-corrected chi connectivity index (χ4v) is 3.45. The number of aromatic amines is 2. The smallest absolute Gasteiger partial charge is 0.317 e. The van der Waals surface area contributed by atoms with Gasteiger partial charge in [-0.25, -0.2) is 9.78 Å². The van der Waals surface area contributed by atoms with Gasteiger partial charge in [0.1, 0.15) is 11.6 Å². The highest BCUT2D eigenvalue weighted by atomic mass is 16.2. The molecular weight excluding hydrogens is 332 g/mol. The minimum Gasteiger partial charge on any atom is -0.367 e. The van der Waals surface area contributed by atoms with Crippen LogP contribution in [0.5, 0.6) is 0 Å². The summed E-state index contributed by atoms with van der Waals surface area (Å²) in [4.78, 5) is 26.3. The number of likely N-dealkylation sites (tertiary alicyclic amines) is 1. The number of benzene rings is 1. The minimum atomic E-state index is -0.0886. The maximum atomic E-state index is 12.4. The number of urea groups is 1. The maximum Gasteiger partial charge on any atom is 0.317 e. The van der Waals surface area contributed by atoms with Gasteiger partial charge in [0.25, 0.3) is 0 Å². The predicted molar refractivity (Wildman–Crippen MR) is 97.1 cm³/mol. The molecule has 3 aromatic rings. The second kappa shape index (κ2) is 7.03. The molecule has 0 spiro atoms. The summed E-state index contributed by atoms with van der Waals surface area (Å²) in [6.45, 7) is 1.77. The number of nitrogens with one attached hydrogen (secondary N) is 3. The Morgan fingerprint density at radius 2 is 2.19 bits per heavy atom. The van der Waals surface area contributed by atoms with Crippen LogP contribution in [-0.4, -0.2) is 49.2 Å². The molecule has 3 heterocycles. The zero-order valence-corrected chi connectivity index (χ0v) is 14.4. The Hall–Kier alpha value is -3.10. The Morgan fingerprint density at radius 1 is 1.31 bits per heavy atom. The summed E-state index contributed by atoms with van der Waals surface area (Å²) in [5.74, 6) is 2.11. The van der Waals surface area contributed by atoms with Gasteiger partial charge in [-0.05, 0) is 30.9 Å². The van der Waals surface area contributed by atoms with Crippen LogP contribution in [0, 0.1) is 5.92 Å². The van der Waals surface area contributed by atoms with Crippen LogP contribution in [0.4, 0.5) is 10.7 Å². The lowest BCUT2D eigenvalue weighted by Gasteiger charge is -2.32. The SMILES string of the molecule is Nc1n[nH]c(CNC(=O)N2CCC[C@@H](Cc3nc4ccccc4[nH]3)C2)n1. The van der Waals surface area contributed by atoms with E-state index in [4.69, 9.17) is 5.73 Å². The van der Waals surface area contributed by atoms with Gasteiger partial charge < -0.3 is 20.9 Å². The van der Waals surface area contributed by atoms with Crippen LogP contribution in [-0.2, 0) is 13.0 Å². The number of imidazole rings is 1. The number of nitrogens with two attached hydrogens (primary N) is 1. The largest absolute Gasteiger partial charge is 0.367 e. The number of para-hydroxylation sites is 2. The van der Waals surface area contributed by atoms with E-state index in [1.54, 1.807) is 0 Å². The first-order valence-corrected chi connectivity index (χ1v) is 8.80. The van der Waals surface area contributed by atoms with Crippen molar-refractivity contribution in [1.29, 1.82) is 0 Å². The Balaban J connectivity index is 1.33. The molecule has 2 amide bonds. The van der Waals surface area contributed by atoms with Gasteiger partial charge in [0.2, 0.25) is 5.95 Å². The molecule has 1 aromatic carbocycles. The molecule has 0 saturated carbocycles. The zero-order chi connectivity index (χ0) is 17.9. The lowest BCUT2D eigenvalue weighted by molar-refractivity contribution is 0.164. The van der Waals surface area contributed by atoms with E-state index in [9.17, 15) is 4.79 Å². The van der Waals surface area contributed by atoms with Gasteiger partial charge in [-0.3, -0.25) is 5.10 Å². The highest BCUT2D eigenvalue weighted by molar-refractivity contribution is 5.75. The van der Waals surface area contributed by atoms with Crippen molar-refractivity contribution < 1.29 is 4.79 Å². The van der Waals surface area contributed by atoms with E-state index >= 15 is 0 Å². The summed E-state index contributed by atoms with van der Waals surface area (Å²) in [5.41, 5.74) is 7.50. The van der Waals surface area contributed by atoms with Crippen LogP contribution < -0.4 is 11.1 Å². The minimum absolute atomic E-state index is 0.0886. The Morgan fingerprint density at radius 3 is 3.00 bits per heavy atom. The number of hydrogen-bond donors (Lipinski definition) is 4. The molecule has 1 aliphatic heterocycles. The number of nitrogens with zero attached hydrogens (tertiary/aromatic N) is 4. The molecule has 1 saturated heterocycles. The number of carbonyl (C=O) groups is 1. The lowest BCUT2D eigenvalue weighted by Crippen LogP contribution is -2.45. The van der Waals surface area contributed by atoms with Crippen molar-refractivity contribution in [3.8, 4) is 0 Å². The molecule has 2 aromatic heterocycles. The van der Waals surface area contributed by atoms with Crippen LogP contribution in [0.2, 0.25) is 0 Å². The average Bonchev–Trinajstić information content (AvgIpc) is 3.25. The maximum absolute atomic E-state index is 12.4. The molecular formula is C17H22N8O. The number of aromatic nitrogens is 5. The first kappa shape index (κ1) is 16.4. The van der Waals surface area contributed by atoms with Crippen LogP contribution in [0.15, 0.2) is 24.3 Å². The summed E-state index contributed by atoms with van der Waals surface area (Å²) >= 11 is 0. The van der Waals surface area contributed by atoms with E-state index in [1.165, 1.54) is 0 Å². The predicted octanol–water partition coefficient (Wildman–Crippen LogP) is 1.43. The van der Waals surface area contributed by atoms with E-state index in [0.717, 1.165) is 49.2 Å². The van der Waals surface area contributed by atoms with Crippen LogP contribution in [0.3, 0.4) is 0 Å². The first-order valence-electron chi connectivity index (χ1n) is 8.80. The molecule has 1 atom stereocenters.